The molecule has 0 bridgehead atoms. The van der Waals surface area contributed by atoms with E-state index in [1.165, 1.54) is 12.1 Å². The summed E-state index contributed by atoms with van der Waals surface area (Å²) in [7, 11) is 0. The number of benzene rings is 1. The van der Waals surface area contributed by atoms with Gasteiger partial charge in [-0.3, -0.25) is 4.21 Å². The number of hydrogen-bond acceptors (Lipinski definition) is 4. The van der Waals surface area contributed by atoms with Crippen LogP contribution in [0.2, 0.25) is 0 Å². The molecule has 1 unspecified atom stereocenters. The van der Waals surface area contributed by atoms with Crippen molar-refractivity contribution in [2.75, 3.05) is 0 Å². The van der Waals surface area contributed by atoms with E-state index >= 15 is 0 Å². The molecular weight excluding hydrogens is 250 g/mol. The summed E-state index contributed by atoms with van der Waals surface area (Å²) in [4.78, 5) is 10.6. The number of rotatable bonds is 3. The Morgan fingerprint density at radius 2 is 1.94 bits per heavy atom. The van der Waals surface area contributed by atoms with Gasteiger partial charge in [0.15, 0.2) is 0 Å². The Morgan fingerprint density at radius 3 is 2.31 bits per heavy atom. The monoisotopic (exact) mass is 258 g/mol. The number of carbonyl (C=O) groups is 1. The van der Waals surface area contributed by atoms with Crippen molar-refractivity contribution < 1.29 is 77.8 Å². The van der Waals surface area contributed by atoms with Crippen molar-refractivity contribution in [2.24, 2.45) is 0 Å². The molecule has 76 valence electrons. The quantitative estimate of drug-likeness (QED) is 0.399. The topological polar surface area (TPSA) is 80.3 Å². The van der Waals surface area contributed by atoms with Crippen LogP contribution in [0.5, 0.6) is 0 Å². The third-order valence-electron chi connectivity index (χ3n) is 1.87. The molecule has 0 aliphatic carbocycles. The van der Waals surface area contributed by atoms with Crippen LogP contribution in [0, 0.1) is 0 Å². The van der Waals surface area contributed by atoms with Gasteiger partial charge in [-0.2, -0.15) is 0 Å². The molecular formula is C9H8Na2O4S. The summed E-state index contributed by atoms with van der Waals surface area (Å²) in [6, 6.07) is 3.96. The van der Waals surface area contributed by atoms with Crippen molar-refractivity contribution in [2.45, 2.75) is 18.2 Å². The zero-order valence-electron chi connectivity index (χ0n) is 9.48. The van der Waals surface area contributed by atoms with E-state index in [2.05, 4.69) is 0 Å². The molecule has 0 spiro atoms. The molecule has 0 radical (unpaired) electrons. The fourth-order valence-electron chi connectivity index (χ4n) is 1.16. The van der Waals surface area contributed by atoms with E-state index in [1.54, 1.807) is 6.92 Å². The van der Waals surface area contributed by atoms with Gasteiger partial charge in [-0.1, -0.05) is 13.0 Å². The zero-order valence-corrected chi connectivity index (χ0v) is 14.3. The van der Waals surface area contributed by atoms with Crippen LogP contribution in [-0.2, 0) is 17.5 Å². The Bertz CT molecular complexity index is 395. The Morgan fingerprint density at radius 1 is 1.38 bits per heavy atom. The van der Waals surface area contributed by atoms with Gasteiger partial charge in [0, 0.05) is 10.5 Å². The maximum Gasteiger partial charge on any atom is 1.00 e. The smallest absolute Gasteiger partial charge is 0.768 e. The molecule has 1 aromatic rings. The summed E-state index contributed by atoms with van der Waals surface area (Å²) in [5.41, 5.74) is 0.508. The molecule has 0 aliphatic heterocycles. The van der Waals surface area contributed by atoms with Crippen LogP contribution in [0.4, 0.5) is 0 Å². The van der Waals surface area contributed by atoms with E-state index in [9.17, 15) is 18.7 Å². The molecule has 0 aromatic heterocycles. The maximum atomic E-state index is 10.6. The average Bonchev–Trinajstić information content (AvgIpc) is 2.16. The van der Waals surface area contributed by atoms with Crippen molar-refractivity contribution in [1.82, 2.24) is 0 Å². The zero-order chi connectivity index (χ0) is 10.7. The Balaban J connectivity index is 0. The predicted molar refractivity (Wildman–Crippen MR) is 47.3 cm³/mol. The number of carboxylic acid groups (broad SMARTS) is 1. The van der Waals surface area contributed by atoms with E-state index in [-0.39, 0.29) is 69.6 Å². The summed E-state index contributed by atoms with van der Waals surface area (Å²) < 4.78 is 21.1. The molecule has 0 N–H and O–H groups in total. The number of carboxylic acids is 1. The van der Waals surface area contributed by atoms with E-state index in [1.807, 2.05) is 0 Å². The average molecular weight is 258 g/mol. The molecule has 0 amide bonds. The van der Waals surface area contributed by atoms with Gasteiger partial charge in [-0.15, -0.1) is 0 Å². The van der Waals surface area contributed by atoms with E-state index in [0.29, 0.717) is 12.0 Å². The second-order valence-electron chi connectivity index (χ2n) is 2.69. The molecule has 0 saturated heterocycles. The van der Waals surface area contributed by atoms with Crippen molar-refractivity contribution in [3.63, 3.8) is 0 Å². The standard InChI is InChI=1S/C9H10O4S.2Na/c1-2-6-3-4-7(14(12)13)5-8(6)9(10)11;;/h3-5H,2H2,1H3,(H,10,11)(H,12,13);;/q;2*+1/p-2. The third kappa shape index (κ3) is 4.98. The number of aromatic carboxylic acids is 1. The summed E-state index contributed by atoms with van der Waals surface area (Å²) in [6.45, 7) is 1.79. The van der Waals surface area contributed by atoms with E-state index < -0.39 is 17.0 Å². The van der Waals surface area contributed by atoms with Crippen LogP contribution < -0.4 is 64.2 Å². The van der Waals surface area contributed by atoms with Crippen molar-refractivity contribution in [3.05, 3.63) is 29.3 Å². The summed E-state index contributed by atoms with van der Waals surface area (Å²) >= 11 is -2.41. The predicted octanol–water partition coefficient (Wildman–Crippen LogP) is -6.14. The summed E-state index contributed by atoms with van der Waals surface area (Å²) in [5.74, 6) is -1.35. The first-order chi connectivity index (χ1) is 6.56. The molecule has 0 saturated carbocycles. The van der Waals surface area contributed by atoms with Crippen molar-refractivity contribution >= 4 is 17.0 Å². The minimum absolute atomic E-state index is 0. The summed E-state index contributed by atoms with van der Waals surface area (Å²) in [6.07, 6.45) is 0.523. The van der Waals surface area contributed by atoms with E-state index in [0.717, 1.165) is 6.07 Å². The van der Waals surface area contributed by atoms with Crippen LogP contribution in [0.15, 0.2) is 23.1 Å². The number of aryl methyl sites for hydroxylation is 1. The third-order valence-corrected chi connectivity index (χ3v) is 2.51. The minimum atomic E-state index is -2.41. The first-order valence-corrected chi connectivity index (χ1v) is 5.07. The van der Waals surface area contributed by atoms with Gasteiger partial charge in [-0.25, -0.2) is 0 Å². The fraction of sp³-hybridized carbons (Fsp3) is 0.222. The minimum Gasteiger partial charge on any atom is -0.768 e. The van der Waals surface area contributed by atoms with Crippen LogP contribution in [-0.4, -0.2) is 14.7 Å². The SMILES string of the molecule is CCc1ccc(S(=O)[O-])cc1C(=O)[O-].[Na+].[Na+]. The van der Waals surface area contributed by atoms with Crippen LogP contribution in [0.25, 0.3) is 0 Å². The van der Waals surface area contributed by atoms with Crippen molar-refractivity contribution in [3.8, 4) is 0 Å². The van der Waals surface area contributed by atoms with Crippen LogP contribution in [0.1, 0.15) is 22.8 Å². The van der Waals surface area contributed by atoms with Crippen LogP contribution >= 0.6 is 0 Å². The molecule has 1 atom stereocenters. The maximum absolute atomic E-state index is 10.6. The molecule has 0 aliphatic rings. The molecule has 0 heterocycles. The molecule has 7 heteroatoms. The normalized spacial score (nSPS) is 10.9. The van der Waals surface area contributed by atoms with Crippen LogP contribution in [0.3, 0.4) is 0 Å². The largest absolute Gasteiger partial charge is 1.00 e. The van der Waals surface area contributed by atoms with E-state index in [4.69, 9.17) is 0 Å². The van der Waals surface area contributed by atoms with Gasteiger partial charge in [0.1, 0.15) is 0 Å². The number of hydrogen-bond donors (Lipinski definition) is 0. The second-order valence-corrected chi connectivity index (χ2v) is 3.64. The molecule has 16 heavy (non-hydrogen) atoms. The molecule has 1 rings (SSSR count). The van der Waals surface area contributed by atoms with Gasteiger partial charge < -0.3 is 14.5 Å². The number of carbonyl (C=O) groups excluding carboxylic acids is 1. The van der Waals surface area contributed by atoms with Gasteiger partial charge in [-0.05, 0) is 35.2 Å². The first kappa shape index (κ1) is 19.1. The van der Waals surface area contributed by atoms with Gasteiger partial charge in [0.05, 0.1) is 5.97 Å². The second kappa shape index (κ2) is 8.83. The fourth-order valence-corrected chi connectivity index (χ4v) is 1.55. The first-order valence-electron chi connectivity index (χ1n) is 3.99. The molecule has 4 nitrogen and oxygen atoms in total. The Labute approximate surface area is 141 Å². The van der Waals surface area contributed by atoms with Gasteiger partial charge in [0.2, 0.25) is 0 Å². The summed E-state index contributed by atoms with van der Waals surface area (Å²) in [5, 5.41) is 10.6. The molecule has 1 aromatic carbocycles. The Kier molecular flexibility index (Phi) is 10.6. The van der Waals surface area contributed by atoms with Gasteiger partial charge >= 0.3 is 59.1 Å². The molecule has 0 fully saturated rings. The van der Waals surface area contributed by atoms with Crippen molar-refractivity contribution in [1.29, 1.82) is 0 Å². The Hall–Kier alpha value is 0.800. The van der Waals surface area contributed by atoms with Gasteiger partial charge in [0.25, 0.3) is 0 Å².